The molecule has 22 heavy (non-hydrogen) atoms. The van der Waals surface area contributed by atoms with Crippen LogP contribution in [0.1, 0.15) is 18.4 Å². The average Bonchev–Trinajstić information content (AvgIpc) is 3.18. The summed E-state index contributed by atoms with van der Waals surface area (Å²) in [5, 5.41) is 4.37. The zero-order valence-corrected chi connectivity index (χ0v) is 13.2. The van der Waals surface area contributed by atoms with Crippen molar-refractivity contribution in [3.05, 3.63) is 46.9 Å². The monoisotopic (exact) mass is 316 g/mol. The molecular weight excluding hydrogens is 296 g/mol. The number of thiophene rings is 1. The summed E-state index contributed by atoms with van der Waals surface area (Å²) in [6, 6.07) is 6.55. The molecule has 0 aliphatic carbocycles. The maximum absolute atomic E-state index is 6.17. The molecule has 0 radical (unpaired) electrons. The Morgan fingerprint density at radius 3 is 3.23 bits per heavy atom. The van der Waals surface area contributed by atoms with Crippen molar-refractivity contribution < 1.29 is 9.47 Å². The summed E-state index contributed by atoms with van der Waals surface area (Å²) < 4.78 is 12.2. The van der Waals surface area contributed by atoms with Crippen molar-refractivity contribution in [3.8, 4) is 5.75 Å². The maximum Gasteiger partial charge on any atom is 0.139 e. The SMILES string of the molecule is c1cncc(O[C@H]2CN(Cc3ccsc3)[C@@H]3CCCO[C@H]23)c1. The largest absolute Gasteiger partial charge is 0.485 e. The number of hydrogen-bond donors (Lipinski definition) is 0. The molecule has 4 heterocycles. The van der Waals surface area contributed by atoms with Crippen molar-refractivity contribution in [2.24, 2.45) is 0 Å². The minimum Gasteiger partial charge on any atom is -0.485 e. The number of hydrogen-bond acceptors (Lipinski definition) is 5. The summed E-state index contributed by atoms with van der Waals surface area (Å²) in [6.07, 6.45) is 6.15. The van der Waals surface area contributed by atoms with E-state index in [1.165, 1.54) is 12.0 Å². The van der Waals surface area contributed by atoms with E-state index in [9.17, 15) is 0 Å². The highest BCUT2D eigenvalue weighted by atomic mass is 32.1. The Hall–Kier alpha value is -1.43. The molecule has 0 amide bonds. The molecule has 0 unspecified atom stereocenters. The van der Waals surface area contributed by atoms with Crippen LogP contribution in [0.25, 0.3) is 0 Å². The van der Waals surface area contributed by atoms with Gasteiger partial charge in [-0.2, -0.15) is 11.3 Å². The molecule has 2 aliphatic heterocycles. The van der Waals surface area contributed by atoms with E-state index in [2.05, 4.69) is 26.7 Å². The molecule has 4 nitrogen and oxygen atoms in total. The Balaban J connectivity index is 1.50. The predicted molar refractivity (Wildman–Crippen MR) is 86.1 cm³/mol. The molecule has 0 N–H and O–H groups in total. The number of pyridine rings is 1. The van der Waals surface area contributed by atoms with Crippen molar-refractivity contribution in [1.82, 2.24) is 9.88 Å². The molecule has 3 atom stereocenters. The second-order valence-electron chi connectivity index (χ2n) is 5.95. The summed E-state index contributed by atoms with van der Waals surface area (Å²) in [5.74, 6) is 0.831. The number of ether oxygens (including phenoxy) is 2. The minimum absolute atomic E-state index is 0.0909. The Kier molecular flexibility index (Phi) is 4.10. The van der Waals surface area contributed by atoms with Crippen LogP contribution in [-0.4, -0.2) is 41.3 Å². The van der Waals surface area contributed by atoms with Crippen molar-refractivity contribution in [1.29, 1.82) is 0 Å². The fraction of sp³-hybridized carbons (Fsp3) is 0.471. The Morgan fingerprint density at radius 2 is 2.41 bits per heavy atom. The first-order valence-corrected chi connectivity index (χ1v) is 8.78. The smallest absolute Gasteiger partial charge is 0.139 e. The van der Waals surface area contributed by atoms with E-state index in [4.69, 9.17) is 9.47 Å². The Labute approximate surface area is 134 Å². The topological polar surface area (TPSA) is 34.6 Å². The van der Waals surface area contributed by atoms with Gasteiger partial charge in [-0.3, -0.25) is 9.88 Å². The van der Waals surface area contributed by atoms with Crippen molar-refractivity contribution in [2.45, 2.75) is 37.6 Å². The van der Waals surface area contributed by atoms with E-state index in [-0.39, 0.29) is 12.2 Å². The normalized spacial score (nSPS) is 28.5. The first kappa shape index (κ1) is 14.2. The van der Waals surface area contributed by atoms with Crippen LogP contribution >= 0.6 is 11.3 Å². The average molecular weight is 316 g/mol. The lowest BCUT2D eigenvalue weighted by Gasteiger charge is -2.32. The Morgan fingerprint density at radius 1 is 1.41 bits per heavy atom. The van der Waals surface area contributed by atoms with Gasteiger partial charge in [-0.05, 0) is 47.4 Å². The lowest BCUT2D eigenvalue weighted by atomic mass is 10.0. The molecule has 2 saturated heterocycles. The third-order valence-electron chi connectivity index (χ3n) is 4.47. The van der Waals surface area contributed by atoms with E-state index in [0.717, 1.165) is 31.9 Å². The van der Waals surface area contributed by atoms with Crippen LogP contribution in [0.2, 0.25) is 0 Å². The highest BCUT2D eigenvalue weighted by Gasteiger charge is 2.45. The van der Waals surface area contributed by atoms with E-state index in [1.807, 2.05) is 12.1 Å². The highest BCUT2D eigenvalue weighted by Crippen LogP contribution is 2.32. The lowest BCUT2D eigenvalue weighted by Crippen LogP contribution is -2.42. The number of rotatable bonds is 4. The van der Waals surface area contributed by atoms with Crippen LogP contribution < -0.4 is 4.74 Å². The van der Waals surface area contributed by atoms with Crippen LogP contribution in [0.15, 0.2) is 41.4 Å². The van der Waals surface area contributed by atoms with Gasteiger partial charge in [0.15, 0.2) is 0 Å². The fourth-order valence-corrected chi connectivity index (χ4v) is 4.16. The third-order valence-corrected chi connectivity index (χ3v) is 5.20. The van der Waals surface area contributed by atoms with Gasteiger partial charge in [0.25, 0.3) is 0 Å². The molecule has 2 fully saturated rings. The number of nitrogens with zero attached hydrogens (tertiary/aromatic N) is 2. The molecule has 116 valence electrons. The second kappa shape index (κ2) is 6.36. The summed E-state index contributed by atoms with van der Waals surface area (Å²) >= 11 is 1.76. The van der Waals surface area contributed by atoms with Gasteiger partial charge < -0.3 is 9.47 Å². The summed E-state index contributed by atoms with van der Waals surface area (Å²) in [7, 11) is 0. The summed E-state index contributed by atoms with van der Waals surface area (Å²) in [5.41, 5.74) is 1.39. The number of fused-ring (bicyclic) bond motifs is 1. The molecule has 2 aromatic rings. The van der Waals surface area contributed by atoms with Gasteiger partial charge in [-0.15, -0.1) is 0 Å². The van der Waals surface area contributed by atoms with Gasteiger partial charge in [-0.25, -0.2) is 0 Å². The molecule has 2 aliphatic rings. The maximum atomic E-state index is 6.17. The molecule has 2 aromatic heterocycles. The molecular formula is C17H20N2O2S. The number of aromatic nitrogens is 1. The summed E-state index contributed by atoms with van der Waals surface area (Å²) in [6.45, 7) is 2.75. The zero-order valence-electron chi connectivity index (χ0n) is 12.4. The van der Waals surface area contributed by atoms with Crippen molar-refractivity contribution in [2.75, 3.05) is 13.2 Å². The first-order valence-electron chi connectivity index (χ1n) is 7.83. The van der Waals surface area contributed by atoms with Crippen LogP contribution in [0.4, 0.5) is 0 Å². The molecule has 0 spiro atoms. The lowest BCUT2D eigenvalue weighted by molar-refractivity contribution is -0.0472. The second-order valence-corrected chi connectivity index (χ2v) is 6.73. The number of likely N-dealkylation sites (tertiary alicyclic amines) is 1. The van der Waals surface area contributed by atoms with Gasteiger partial charge in [0.1, 0.15) is 18.0 Å². The molecule has 0 saturated carbocycles. The molecule has 0 bridgehead atoms. The van der Waals surface area contributed by atoms with Gasteiger partial charge in [0.2, 0.25) is 0 Å². The Bertz CT molecular complexity index is 590. The standard InChI is InChI=1S/C17H20N2O2S/c1-3-14(9-18-6-1)21-16-11-19(10-13-5-8-22-12-13)15-4-2-7-20-17(15)16/h1,3,5-6,8-9,12,15-17H,2,4,7,10-11H2/t15-,16+,17+/m1/s1. The first-order chi connectivity index (χ1) is 10.9. The van der Waals surface area contributed by atoms with Gasteiger partial charge in [0, 0.05) is 31.9 Å². The molecule has 4 rings (SSSR count). The van der Waals surface area contributed by atoms with Gasteiger partial charge in [-0.1, -0.05) is 0 Å². The minimum atomic E-state index is 0.0909. The fourth-order valence-electron chi connectivity index (χ4n) is 3.50. The van der Waals surface area contributed by atoms with Gasteiger partial charge in [0.05, 0.1) is 6.20 Å². The van der Waals surface area contributed by atoms with Gasteiger partial charge >= 0.3 is 0 Å². The van der Waals surface area contributed by atoms with Crippen molar-refractivity contribution >= 4 is 11.3 Å². The summed E-state index contributed by atoms with van der Waals surface area (Å²) in [4.78, 5) is 6.65. The van der Waals surface area contributed by atoms with E-state index < -0.39 is 0 Å². The molecule has 0 aromatic carbocycles. The van der Waals surface area contributed by atoms with E-state index in [0.29, 0.717) is 6.04 Å². The van der Waals surface area contributed by atoms with E-state index >= 15 is 0 Å². The third kappa shape index (κ3) is 2.89. The van der Waals surface area contributed by atoms with Crippen LogP contribution in [0.3, 0.4) is 0 Å². The predicted octanol–water partition coefficient (Wildman–Crippen LogP) is 2.95. The molecule has 5 heteroatoms. The van der Waals surface area contributed by atoms with Crippen LogP contribution in [0.5, 0.6) is 5.75 Å². The highest BCUT2D eigenvalue weighted by molar-refractivity contribution is 7.07. The quantitative estimate of drug-likeness (QED) is 0.868. The van der Waals surface area contributed by atoms with Crippen LogP contribution in [-0.2, 0) is 11.3 Å². The zero-order chi connectivity index (χ0) is 14.8. The van der Waals surface area contributed by atoms with Crippen LogP contribution in [0, 0.1) is 0 Å². The van der Waals surface area contributed by atoms with Crippen molar-refractivity contribution in [3.63, 3.8) is 0 Å². The van der Waals surface area contributed by atoms with E-state index in [1.54, 1.807) is 23.7 Å².